The first-order valence-corrected chi connectivity index (χ1v) is 10.4. The van der Waals surface area contributed by atoms with Crippen LogP contribution in [0.2, 0.25) is 0 Å². The number of furan rings is 1. The van der Waals surface area contributed by atoms with E-state index in [1.807, 2.05) is 26.0 Å². The summed E-state index contributed by atoms with van der Waals surface area (Å²) >= 11 is 1.40. The Morgan fingerprint density at radius 3 is 2.96 bits per heavy atom. The van der Waals surface area contributed by atoms with E-state index in [1.165, 1.54) is 18.0 Å². The summed E-state index contributed by atoms with van der Waals surface area (Å²) < 4.78 is 15.4. The number of aryl methyl sites for hydroxylation is 2. The third kappa shape index (κ3) is 4.14. The monoisotopic (exact) mass is 386 g/mol. The highest BCUT2D eigenvalue weighted by Gasteiger charge is 2.28. The summed E-state index contributed by atoms with van der Waals surface area (Å²) in [6, 6.07) is 6.11. The van der Waals surface area contributed by atoms with Crippen LogP contribution in [0.15, 0.2) is 27.1 Å². The van der Waals surface area contributed by atoms with Gasteiger partial charge in [0.2, 0.25) is 0 Å². The van der Waals surface area contributed by atoms with Crippen molar-refractivity contribution in [2.24, 2.45) is 0 Å². The maximum Gasteiger partial charge on any atom is 0.180 e. The van der Waals surface area contributed by atoms with Gasteiger partial charge >= 0.3 is 0 Å². The molecule has 27 heavy (non-hydrogen) atoms. The normalized spacial score (nSPS) is 19.4. The molecule has 0 bridgehead atoms. The van der Waals surface area contributed by atoms with Crippen molar-refractivity contribution in [2.45, 2.75) is 51.9 Å². The van der Waals surface area contributed by atoms with Crippen molar-refractivity contribution in [1.29, 1.82) is 0 Å². The van der Waals surface area contributed by atoms with Crippen LogP contribution in [0, 0.1) is 13.8 Å². The van der Waals surface area contributed by atoms with E-state index in [4.69, 9.17) is 8.94 Å². The number of piperidine rings is 1. The summed E-state index contributed by atoms with van der Waals surface area (Å²) in [4.78, 5) is 3.58. The second-order valence-electron chi connectivity index (χ2n) is 7.60. The molecule has 4 heterocycles. The quantitative estimate of drug-likeness (QED) is 0.607. The van der Waals surface area contributed by atoms with Crippen LogP contribution in [0.1, 0.15) is 60.9 Å². The van der Waals surface area contributed by atoms with E-state index < -0.39 is 0 Å². The van der Waals surface area contributed by atoms with E-state index in [-0.39, 0.29) is 0 Å². The minimum atomic E-state index is 0.402. The van der Waals surface area contributed by atoms with Gasteiger partial charge in [-0.3, -0.25) is 0 Å². The molecule has 0 N–H and O–H groups in total. The van der Waals surface area contributed by atoms with Crippen LogP contribution in [0.25, 0.3) is 10.6 Å². The van der Waals surface area contributed by atoms with Crippen LogP contribution >= 0.6 is 11.5 Å². The van der Waals surface area contributed by atoms with Gasteiger partial charge < -0.3 is 13.8 Å². The second kappa shape index (κ2) is 7.94. The van der Waals surface area contributed by atoms with E-state index in [0.717, 1.165) is 66.0 Å². The Morgan fingerprint density at radius 2 is 2.22 bits per heavy atom. The summed E-state index contributed by atoms with van der Waals surface area (Å²) in [5.74, 6) is 3.71. The molecule has 0 saturated carbocycles. The molecule has 0 unspecified atom stereocenters. The SMILES string of the molecule is Cc1cc(-c2snnc2[C@H]2CCCN(CC[C@@H](C)c3ccc(C)o3)C2)on1. The molecule has 7 heteroatoms. The lowest BCUT2D eigenvalue weighted by molar-refractivity contribution is 0.198. The van der Waals surface area contributed by atoms with Crippen LogP contribution in [0.5, 0.6) is 0 Å². The molecule has 0 spiro atoms. The standard InChI is InChI=1S/C20H26N4O2S/c1-13(17-7-6-15(3)25-17)8-10-24-9-4-5-16(12-24)19-20(27-23-21-19)18-11-14(2)22-26-18/h6-7,11,13,16H,4-5,8-10,12H2,1-3H3/t13-,16+/m1/s1. The Hall–Kier alpha value is -1.99. The van der Waals surface area contributed by atoms with Gasteiger partial charge in [-0.1, -0.05) is 16.6 Å². The van der Waals surface area contributed by atoms with Crippen molar-refractivity contribution in [2.75, 3.05) is 19.6 Å². The van der Waals surface area contributed by atoms with Crippen LogP contribution in [0.3, 0.4) is 0 Å². The summed E-state index contributed by atoms with van der Waals surface area (Å²) in [6.07, 6.45) is 3.43. The molecular weight excluding hydrogens is 360 g/mol. The smallest absolute Gasteiger partial charge is 0.180 e. The minimum Gasteiger partial charge on any atom is -0.466 e. The molecule has 2 atom stereocenters. The number of hydrogen-bond acceptors (Lipinski definition) is 7. The highest BCUT2D eigenvalue weighted by molar-refractivity contribution is 7.09. The fraction of sp³-hybridized carbons (Fsp3) is 0.550. The lowest BCUT2D eigenvalue weighted by atomic mass is 9.93. The van der Waals surface area contributed by atoms with Crippen molar-refractivity contribution in [3.8, 4) is 10.6 Å². The van der Waals surface area contributed by atoms with E-state index in [1.54, 1.807) is 0 Å². The van der Waals surface area contributed by atoms with Crippen LogP contribution < -0.4 is 0 Å². The average Bonchev–Trinajstić information content (AvgIpc) is 3.40. The fourth-order valence-electron chi connectivity index (χ4n) is 3.82. The number of aromatic nitrogens is 3. The van der Waals surface area contributed by atoms with E-state index in [0.29, 0.717) is 11.8 Å². The molecule has 0 aromatic carbocycles. The largest absolute Gasteiger partial charge is 0.466 e. The first-order valence-electron chi connectivity index (χ1n) is 9.65. The summed E-state index contributed by atoms with van der Waals surface area (Å²) in [5, 5.41) is 8.45. The number of rotatable bonds is 6. The number of nitrogens with zero attached hydrogens (tertiary/aromatic N) is 4. The zero-order chi connectivity index (χ0) is 18.8. The average molecular weight is 387 g/mol. The van der Waals surface area contributed by atoms with Gasteiger partial charge in [0.15, 0.2) is 5.76 Å². The van der Waals surface area contributed by atoms with E-state index in [2.05, 4.69) is 32.6 Å². The second-order valence-corrected chi connectivity index (χ2v) is 8.35. The van der Waals surface area contributed by atoms with Gasteiger partial charge in [-0.25, -0.2) is 0 Å². The Bertz CT molecular complexity index is 884. The lowest BCUT2D eigenvalue weighted by Crippen LogP contribution is -2.35. The van der Waals surface area contributed by atoms with Crippen LogP contribution in [0.4, 0.5) is 0 Å². The van der Waals surface area contributed by atoms with Crippen molar-refractivity contribution < 1.29 is 8.94 Å². The molecule has 3 aromatic heterocycles. The maximum absolute atomic E-state index is 5.78. The fourth-order valence-corrected chi connectivity index (χ4v) is 4.52. The van der Waals surface area contributed by atoms with Crippen LogP contribution in [-0.2, 0) is 0 Å². The number of hydrogen-bond donors (Lipinski definition) is 0. The van der Waals surface area contributed by atoms with E-state index >= 15 is 0 Å². The molecule has 1 aliphatic rings. The van der Waals surface area contributed by atoms with Crippen molar-refractivity contribution in [3.63, 3.8) is 0 Å². The molecular formula is C20H26N4O2S. The third-order valence-corrected chi connectivity index (χ3v) is 6.14. The molecule has 1 aliphatic heterocycles. The molecule has 0 aliphatic carbocycles. The topological polar surface area (TPSA) is 68.2 Å². The number of likely N-dealkylation sites (tertiary alicyclic amines) is 1. The predicted octanol–water partition coefficient (Wildman–Crippen LogP) is 4.78. The Morgan fingerprint density at radius 1 is 1.33 bits per heavy atom. The van der Waals surface area contributed by atoms with Gasteiger partial charge in [0.1, 0.15) is 16.4 Å². The molecule has 3 aromatic rings. The van der Waals surface area contributed by atoms with E-state index in [9.17, 15) is 0 Å². The first-order chi connectivity index (χ1) is 13.1. The van der Waals surface area contributed by atoms with Gasteiger partial charge in [0, 0.05) is 24.4 Å². The summed E-state index contributed by atoms with van der Waals surface area (Å²) in [6.45, 7) is 9.43. The predicted molar refractivity (Wildman–Crippen MR) is 105 cm³/mol. The van der Waals surface area contributed by atoms with Crippen molar-refractivity contribution in [1.82, 2.24) is 19.6 Å². The minimum absolute atomic E-state index is 0.402. The Kier molecular flexibility index (Phi) is 5.41. The highest BCUT2D eigenvalue weighted by Crippen LogP contribution is 2.35. The van der Waals surface area contributed by atoms with Crippen molar-refractivity contribution in [3.05, 3.63) is 41.1 Å². The highest BCUT2D eigenvalue weighted by atomic mass is 32.1. The Labute approximate surface area is 163 Å². The van der Waals surface area contributed by atoms with Gasteiger partial charge in [-0.15, -0.1) is 5.10 Å². The zero-order valence-electron chi connectivity index (χ0n) is 16.1. The first kappa shape index (κ1) is 18.4. The molecule has 1 saturated heterocycles. The van der Waals surface area contributed by atoms with Crippen LogP contribution in [-0.4, -0.2) is 39.3 Å². The lowest BCUT2D eigenvalue weighted by Gasteiger charge is -2.32. The molecule has 0 radical (unpaired) electrons. The summed E-state index contributed by atoms with van der Waals surface area (Å²) in [7, 11) is 0. The maximum atomic E-state index is 5.78. The molecule has 1 fully saturated rings. The van der Waals surface area contributed by atoms with Gasteiger partial charge in [0.05, 0.1) is 11.4 Å². The molecule has 144 valence electrons. The molecule has 6 nitrogen and oxygen atoms in total. The molecule has 4 rings (SSSR count). The zero-order valence-corrected chi connectivity index (χ0v) is 17.0. The third-order valence-electron chi connectivity index (χ3n) is 5.38. The van der Waals surface area contributed by atoms with Gasteiger partial charge in [-0.2, -0.15) is 0 Å². The molecule has 0 amide bonds. The van der Waals surface area contributed by atoms with Crippen molar-refractivity contribution >= 4 is 11.5 Å². The van der Waals surface area contributed by atoms with Gasteiger partial charge in [0.25, 0.3) is 0 Å². The van der Waals surface area contributed by atoms with Gasteiger partial charge in [-0.05, 0) is 69.9 Å². The Balaban J connectivity index is 1.39. The summed E-state index contributed by atoms with van der Waals surface area (Å²) in [5.41, 5.74) is 1.95.